The highest BCUT2D eigenvalue weighted by Crippen LogP contribution is 2.57. The van der Waals surface area contributed by atoms with Gasteiger partial charge in [-0.2, -0.15) is 11.3 Å². The van der Waals surface area contributed by atoms with Crippen LogP contribution in [0.5, 0.6) is 0 Å². The van der Waals surface area contributed by atoms with E-state index in [9.17, 15) is 9.59 Å². The molecule has 0 unspecified atom stereocenters. The Hall–Kier alpha value is -1.60. The van der Waals surface area contributed by atoms with Gasteiger partial charge in [0.25, 0.3) is 0 Å². The Morgan fingerprint density at radius 3 is 2.70 bits per heavy atom. The van der Waals surface area contributed by atoms with E-state index >= 15 is 0 Å². The van der Waals surface area contributed by atoms with E-state index in [1.54, 1.807) is 18.3 Å². The molecule has 1 spiro atoms. The van der Waals surface area contributed by atoms with Crippen molar-refractivity contribution in [1.29, 1.82) is 0 Å². The van der Waals surface area contributed by atoms with Crippen LogP contribution in [0.1, 0.15) is 44.6 Å². The molecule has 4 rings (SSSR count). The smallest absolute Gasteiger partial charge is 0.317 e. The van der Waals surface area contributed by atoms with E-state index in [4.69, 9.17) is 4.74 Å². The summed E-state index contributed by atoms with van der Waals surface area (Å²) >= 11 is 1.67. The first kappa shape index (κ1) is 18.7. The first-order valence-electron chi connectivity index (χ1n) is 9.99. The third kappa shape index (κ3) is 4.14. The molecule has 2 saturated heterocycles. The summed E-state index contributed by atoms with van der Waals surface area (Å²) in [5, 5.41) is 7.34. The lowest BCUT2D eigenvalue weighted by Crippen LogP contribution is -2.50. The molecule has 2 aliphatic heterocycles. The fraction of sp³-hybridized carbons (Fsp3) is 0.700. The van der Waals surface area contributed by atoms with Gasteiger partial charge in [0.2, 0.25) is 5.91 Å². The number of rotatable bonds is 4. The van der Waals surface area contributed by atoms with E-state index in [1.807, 2.05) is 9.80 Å². The molecular formula is C20H29N3O3S. The fourth-order valence-corrected chi connectivity index (χ4v) is 5.25. The highest BCUT2D eigenvalue weighted by Gasteiger charge is 2.58. The summed E-state index contributed by atoms with van der Waals surface area (Å²) in [4.78, 5) is 28.8. The van der Waals surface area contributed by atoms with E-state index in [0.29, 0.717) is 12.6 Å². The number of thiophene rings is 1. The van der Waals surface area contributed by atoms with Crippen molar-refractivity contribution >= 4 is 23.3 Å². The number of ether oxygens (including phenoxy) is 1. The summed E-state index contributed by atoms with van der Waals surface area (Å²) in [5.74, 6) is 0.155. The van der Waals surface area contributed by atoms with Gasteiger partial charge in [0.15, 0.2) is 0 Å². The number of hydrogen-bond donors (Lipinski definition) is 1. The largest absolute Gasteiger partial charge is 0.381 e. The van der Waals surface area contributed by atoms with Crippen molar-refractivity contribution in [3.8, 4) is 0 Å². The molecule has 148 valence electrons. The Labute approximate surface area is 164 Å². The van der Waals surface area contributed by atoms with Crippen LogP contribution in [0.2, 0.25) is 0 Å². The quantitative estimate of drug-likeness (QED) is 0.859. The topological polar surface area (TPSA) is 61.9 Å². The molecule has 7 heteroatoms. The van der Waals surface area contributed by atoms with Gasteiger partial charge in [-0.15, -0.1) is 0 Å². The molecule has 0 radical (unpaired) electrons. The van der Waals surface area contributed by atoms with E-state index in [2.05, 4.69) is 22.1 Å². The SMILES string of the molecule is CC(=O)N(Cc1ccsc1)[C@@H]1CC12CCN(C(=O)NC1CCOCC1)CC2. The average Bonchev–Trinajstić information content (AvgIpc) is 3.10. The highest BCUT2D eigenvalue weighted by molar-refractivity contribution is 7.07. The Kier molecular flexibility index (Phi) is 5.41. The number of hydrogen-bond acceptors (Lipinski definition) is 4. The van der Waals surface area contributed by atoms with Crippen molar-refractivity contribution in [2.45, 2.75) is 57.7 Å². The molecule has 1 aliphatic carbocycles. The van der Waals surface area contributed by atoms with Crippen LogP contribution in [0.4, 0.5) is 4.79 Å². The summed E-state index contributed by atoms with van der Waals surface area (Å²) in [6.45, 7) is 5.43. The highest BCUT2D eigenvalue weighted by atomic mass is 32.1. The molecule has 1 N–H and O–H groups in total. The Bertz CT molecular complexity index is 664. The number of urea groups is 1. The number of nitrogens with one attached hydrogen (secondary N) is 1. The molecular weight excluding hydrogens is 362 g/mol. The lowest BCUT2D eigenvalue weighted by Gasteiger charge is -2.36. The van der Waals surface area contributed by atoms with Crippen LogP contribution in [0.15, 0.2) is 16.8 Å². The van der Waals surface area contributed by atoms with E-state index in [1.165, 1.54) is 5.56 Å². The maximum atomic E-state index is 12.5. The zero-order valence-electron chi connectivity index (χ0n) is 16.0. The maximum Gasteiger partial charge on any atom is 0.317 e. The van der Waals surface area contributed by atoms with Gasteiger partial charge in [-0.3, -0.25) is 4.79 Å². The second-order valence-electron chi connectivity index (χ2n) is 8.18. The van der Waals surface area contributed by atoms with Crippen molar-refractivity contribution in [3.63, 3.8) is 0 Å². The van der Waals surface area contributed by atoms with Crippen LogP contribution >= 0.6 is 11.3 Å². The van der Waals surface area contributed by atoms with Gasteiger partial charge < -0.3 is 19.9 Å². The summed E-state index contributed by atoms with van der Waals surface area (Å²) < 4.78 is 5.36. The fourth-order valence-electron chi connectivity index (χ4n) is 4.59. The summed E-state index contributed by atoms with van der Waals surface area (Å²) in [6, 6.07) is 2.74. The van der Waals surface area contributed by atoms with E-state index in [0.717, 1.165) is 58.4 Å². The number of nitrogens with zero attached hydrogens (tertiary/aromatic N) is 2. The van der Waals surface area contributed by atoms with Crippen molar-refractivity contribution in [2.75, 3.05) is 26.3 Å². The summed E-state index contributed by atoms with van der Waals surface area (Å²) in [5.41, 5.74) is 1.43. The third-order valence-electron chi connectivity index (χ3n) is 6.46. The molecule has 27 heavy (non-hydrogen) atoms. The number of amides is 3. The molecule has 0 aromatic carbocycles. The van der Waals surface area contributed by atoms with Gasteiger partial charge in [0.05, 0.1) is 0 Å². The Morgan fingerprint density at radius 1 is 1.33 bits per heavy atom. The number of piperidine rings is 1. The molecule has 3 amide bonds. The van der Waals surface area contributed by atoms with Crippen LogP contribution in [0, 0.1) is 5.41 Å². The molecule has 1 aromatic heterocycles. The molecule has 1 aromatic rings. The minimum Gasteiger partial charge on any atom is -0.381 e. The Morgan fingerprint density at radius 2 is 2.07 bits per heavy atom. The number of likely N-dealkylation sites (tertiary alicyclic amines) is 1. The standard InChI is InChI=1S/C20H29N3O3S/c1-15(24)23(13-16-4-11-27-14-16)18-12-20(18)5-7-22(8-6-20)19(25)21-17-2-9-26-10-3-17/h4,11,14,17-18H,2-3,5-10,12-13H2,1H3,(H,21,25)/t18-/m1/s1. The predicted molar refractivity (Wildman–Crippen MR) is 105 cm³/mol. The lowest BCUT2D eigenvalue weighted by atomic mass is 9.92. The van der Waals surface area contributed by atoms with Gasteiger partial charge in [0, 0.05) is 51.9 Å². The normalized spacial score (nSPS) is 24.6. The van der Waals surface area contributed by atoms with Crippen molar-refractivity contribution in [1.82, 2.24) is 15.1 Å². The van der Waals surface area contributed by atoms with Crippen molar-refractivity contribution in [3.05, 3.63) is 22.4 Å². The van der Waals surface area contributed by atoms with Crippen LogP contribution in [-0.2, 0) is 16.1 Å². The van der Waals surface area contributed by atoms with Gasteiger partial charge in [-0.1, -0.05) is 0 Å². The lowest BCUT2D eigenvalue weighted by molar-refractivity contribution is -0.130. The van der Waals surface area contributed by atoms with Gasteiger partial charge >= 0.3 is 6.03 Å². The molecule has 3 fully saturated rings. The van der Waals surface area contributed by atoms with Crippen molar-refractivity contribution < 1.29 is 14.3 Å². The molecule has 3 aliphatic rings. The molecule has 6 nitrogen and oxygen atoms in total. The van der Waals surface area contributed by atoms with Crippen LogP contribution < -0.4 is 5.32 Å². The summed E-state index contributed by atoms with van der Waals surface area (Å²) in [7, 11) is 0. The van der Waals surface area contributed by atoms with Gasteiger partial charge in [0.1, 0.15) is 0 Å². The zero-order chi connectivity index (χ0) is 18.9. The van der Waals surface area contributed by atoms with Gasteiger partial charge in [-0.05, 0) is 59.9 Å². The Balaban J connectivity index is 1.29. The second-order valence-corrected chi connectivity index (χ2v) is 8.96. The number of carbonyl (C=O) groups is 2. The first-order valence-corrected chi connectivity index (χ1v) is 10.9. The van der Waals surface area contributed by atoms with E-state index < -0.39 is 0 Å². The minimum atomic E-state index is 0.0654. The van der Waals surface area contributed by atoms with E-state index in [-0.39, 0.29) is 23.4 Å². The average molecular weight is 392 g/mol. The first-order chi connectivity index (χ1) is 13.1. The predicted octanol–water partition coefficient (Wildman–Crippen LogP) is 2.84. The second kappa shape index (κ2) is 7.80. The summed E-state index contributed by atoms with van der Waals surface area (Å²) in [6.07, 6.45) is 4.87. The molecule has 0 bridgehead atoms. The number of carbonyl (C=O) groups excluding carboxylic acids is 2. The molecule has 3 heterocycles. The van der Waals surface area contributed by atoms with Crippen LogP contribution in [-0.4, -0.2) is 60.1 Å². The maximum absolute atomic E-state index is 12.5. The monoisotopic (exact) mass is 391 g/mol. The molecule has 1 atom stereocenters. The molecule has 1 saturated carbocycles. The zero-order valence-corrected chi connectivity index (χ0v) is 16.8. The van der Waals surface area contributed by atoms with Gasteiger partial charge in [-0.25, -0.2) is 4.79 Å². The minimum absolute atomic E-state index is 0.0654. The van der Waals surface area contributed by atoms with Crippen molar-refractivity contribution in [2.24, 2.45) is 5.41 Å². The van der Waals surface area contributed by atoms with Crippen LogP contribution in [0.25, 0.3) is 0 Å². The van der Waals surface area contributed by atoms with Crippen LogP contribution in [0.3, 0.4) is 0 Å². The third-order valence-corrected chi connectivity index (χ3v) is 7.19.